The van der Waals surface area contributed by atoms with E-state index in [0.717, 1.165) is 16.0 Å². The highest BCUT2D eigenvalue weighted by atomic mass is 35.5. The maximum absolute atomic E-state index is 13.4. The molecule has 1 heterocycles. The Labute approximate surface area is 173 Å². The summed E-state index contributed by atoms with van der Waals surface area (Å²) >= 11 is 12.3. The van der Waals surface area contributed by atoms with Crippen LogP contribution in [-0.4, -0.2) is 42.0 Å². The van der Waals surface area contributed by atoms with Crippen molar-refractivity contribution in [1.82, 2.24) is 4.90 Å². The predicted octanol–water partition coefficient (Wildman–Crippen LogP) is 3.82. The molecular formula is C21H20Cl2N2O3. The molecule has 0 unspecified atom stereocenters. The van der Waals surface area contributed by atoms with E-state index in [0.29, 0.717) is 16.3 Å². The van der Waals surface area contributed by atoms with E-state index >= 15 is 0 Å². The number of anilines is 1. The Hall–Kier alpha value is -2.34. The number of amides is 2. The standard InChI is InChI=1S/C21H20Cl2N2O3/c1-12-8-13(2)10-15(9-12)25-20(27)18(16-5-4-14(22)11-17(16)23)19(21(25)28)24(3)6-7-26/h4-5,8-11,26H,6-7H2,1-3H3. The highest BCUT2D eigenvalue weighted by Crippen LogP contribution is 2.38. The third-order valence-corrected chi connectivity index (χ3v) is 5.09. The first kappa shape index (κ1) is 20.4. The molecule has 0 radical (unpaired) electrons. The molecule has 1 aliphatic heterocycles. The Morgan fingerprint density at radius 1 is 1.00 bits per heavy atom. The first-order chi connectivity index (χ1) is 13.2. The molecule has 0 atom stereocenters. The highest BCUT2D eigenvalue weighted by molar-refractivity contribution is 6.47. The van der Waals surface area contributed by atoms with Gasteiger partial charge in [0.15, 0.2) is 0 Å². The van der Waals surface area contributed by atoms with Crippen LogP contribution in [0.15, 0.2) is 42.1 Å². The van der Waals surface area contributed by atoms with Gasteiger partial charge in [0, 0.05) is 24.2 Å². The van der Waals surface area contributed by atoms with Gasteiger partial charge in [0.2, 0.25) is 0 Å². The Morgan fingerprint density at radius 2 is 1.64 bits per heavy atom. The Balaban J connectivity index is 2.19. The van der Waals surface area contributed by atoms with Crippen LogP contribution >= 0.6 is 23.2 Å². The van der Waals surface area contributed by atoms with Crippen LogP contribution < -0.4 is 4.90 Å². The summed E-state index contributed by atoms with van der Waals surface area (Å²) in [6.07, 6.45) is 0. The number of rotatable bonds is 5. The first-order valence-corrected chi connectivity index (χ1v) is 9.49. The minimum atomic E-state index is -0.459. The van der Waals surface area contributed by atoms with Crippen LogP contribution in [0.4, 0.5) is 5.69 Å². The molecule has 28 heavy (non-hydrogen) atoms. The van der Waals surface area contributed by atoms with E-state index in [2.05, 4.69) is 0 Å². The fourth-order valence-electron chi connectivity index (χ4n) is 3.38. The second-order valence-corrected chi connectivity index (χ2v) is 7.63. The molecule has 2 aromatic carbocycles. The minimum absolute atomic E-state index is 0.160. The zero-order chi connectivity index (χ0) is 20.6. The molecule has 1 N–H and O–H groups in total. The van der Waals surface area contributed by atoms with Crippen LogP contribution in [0, 0.1) is 13.8 Å². The summed E-state index contributed by atoms with van der Waals surface area (Å²) in [5.74, 6) is -0.911. The van der Waals surface area contributed by atoms with Crippen LogP contribution in [-0.2, 0) is 9.59 Å². The topological polar surface area (TPSA) is 60.9 Å². The second kappa shape index (κ2) is 7.95. The van der Waals surface area contributed by atoms with E-state index in [4.69, 9.17) is 23.2 Å². The number of likely N-dealkylation sites (N-methyl/N-ethyl adjacent to an activating group) is 1. The lowest BCUT2D eigenvalue weighted by Crippen LogP contribution is -2.35. The fourth-order valence-corrected chi connectivity index (χ4v) is 3.89. The number of hydrogen-bond donors (Lipinski definition) is 1. The summed E-state index contributed by atoms with van der Waals surface area (Å²) in [5, 5.41) is 10.0. The molecule has 0 aliphatic carbocycles. The van der Waals surface area contributed by atoms with Gasteiger partial charge in [0.25, 0.3) is 11.8 Å². The predicted molar refractivity (Wildman–Crippen MR) is 112 cm³/mol. The van der Waals surface area contributed by atoms with Crippen LogP contribution in [0.25, 0.3) is 5.57 Å². The molecule has 0 spiro atoms. The second-order valence-electron chi connectivity index (χ2n) is 6.78. The maximum atomic E-state index is 13.4. The zero-order valence-corrected chi connectivity index (χ0v) is 17.3. The number of nitrogens with zero attached hydrogens (tertiary/aromatic N) is 2. The van der Waals surface area contributed by atoms with Gasteiger partial charge >= 0.3 is 0 Å². The van der Waals surface area contributed by atoms with Crippen molar-refractivity contribution in [1.29, 1.82) is 0 Å². The number of imide groups is 1. The average Bonchev–Trinajstić information content (AvgIpc) is 2.85. The molecule has 3 rings (SSSR count). The van der Waals surface area contributed by atoms with Crippen LogP contribution in [0.1, 0.15) is 16.7 Å². The summed E-state index contributed by atoms with van der Waals surface area (Å²) in [6, 6.07) is 10.3. The lowest BCUT2D eigenvalue weighted by atomic mass is 10.0. The van der Waals surface area contributed by atoms with Gasteiger partial charge in [0.1, 0.15) is 5.70 Å². The number of hydrogen-bond acceptors (Lipinski definition) is 4. The lowest BCUT2D eigenvalue weighted by Gasteiger charge is -2.21. The maximum Gasteiger partial charge on any atom is 0.282 e. The Kier molecular flexibility index (Phi) is 5.79. The largest absolute Gasteiger partial charge is 0.395 e. The van der Waals surface area contributed by atoms with Gasteiger partial charge in [-0.25, -0.2) is 4.90 Å². The normalized spacial score (nSPS) is 14.3. The smallest absolute Gasteiger partial charge is 0.282 e. The summed E-state index contributed by atoms with van der Waals surface area (Å²) in [6.45, 7) is 3.85. The van der Waals surface area contributed by atoms with Gasteiger partial charge in [-0.1, -0.05) is 35.3 Å². The van der Waals surface area contributed by atoms with Crippen molar-refractivity contribution in [2.75, 3.05) is 25.1 Å². The number of halogens is 2. The summed E-state index contributed by atoms with van der Waals surface area (Å²) in [7, 11) is 1.66. The summed E-state index contributed by atoms with van der Waals surface area (Å²) < 4.78 is 0. The van der Waals surface area contributed by atoms with E-state index in [-0.39, 0.29) is 29.4 Å². The van der Waals surface area contributed by atoms with E-state index < -0.39 is 11.8 Å². The molecule has 1 aliphatic rings. The van der Waals surface area contributed by atoms with E-state index in [9.17, 15) is 14.7 Å². The zero-order valence-electron chi connectivity index (χ0n) is 15.8. The number of benzene rings is 2. The monoisotopic (exact) mass is 418 g/mol. The molecule has 2 aromatic rings. The number of carbonyl (C=O) groups excluding carboxylic acids is 2. The van der Waals surface area contributed by atoms with Crippen molar-refractivity contribution in [3.05, 3.63) is 68.8 Å². The molecule has 0 aromatic heterocycles. The summed E-state index contributed by atoms with van der Waals surface area (Å²) in [4.78, 5) is 29.4. The summed E-state index contributed by atoms with van der Waals surface area (Å²) in [5.41, 5.74) is 3.21. The number of carbonyl (C=O) groups is 2. The molecule has 2 amide bonds. The molecular weight excluding hydrogens is 399 g/mol. The molecule has 0 fully saturated rings. The van der Waals surface area contributed by atoms with Gasteiger partial charge in [-0.15, -0.1) is 0 Å². The molecule has 0 bridgehead atoms. The molecule has 0 saturated carbocycles. The van der Waals surface area contributed by atoms with Crippen molar-refractivity contribution in [3.8, 4) is 0 Å². The molecule has 7 heteroatoms. The van der Waals surface area contributed by atoms with Crippen LogP contribution in [0.5, 0.6) is 0 Å². The third-order valence-electron chi connectivity index (χ3n) is 4.54. The van der Waals surface area contributed by atoms with Gasteiger partial charge in [0.05, 0.1) is 22.9 Å². The van der Waals surface area contributed by atoms with E-state index in [1.54, 1.807) is 36.2 Å². The van der Waals surface area contributed by atoms with Gasteiger partial charge < -0.3 is 10.0 Å². The van der Waals surface area contributed by atoms with Crippen molar-refractivity contribution >= 4 is 46.3 Å². The Morgan fingerprint density at radius 3 is 2.21 bits per heavy atom. The molecule has 0 saturated heterocycles. The third kappa shape index (κ3) is 3.65. The molecule has 5 nitrogen and oxygen atoms in total. The van der Waals surface area contributed by atoms with E-state index in [1.165, 1.54) is 6.07 Å². The fraction of sp³-hybridized carbons (Fsp3) is 0.238. The lowest BCUT2D eigenvalue weighted by molar-refractivity contribution is -0.120. The minimum Gasteiger partial charge on any atom is -0.395 e. The highest BCUT2D eigenvalue weighted by Gasteiger charge is 2.42. The van der Waals surface area contributed by atoms with Gasteiger partial charge in [-0.2, -0.15) is 0 Å². The van der Waals surface area contributed by atoms with Gasteiger partial charge in [-0.05, 0) is 49.2 Å². The van der Waals surface area contributed by atoms with Crippen molar-refractivity contribution in [2.45, 2.75) is 13.8 Å². The SMILES string of the molecule is Cc1cc(C)cc(N2C(=O)C(c3ccc(Cl)cc3Cl)=C(N(C)CCO)C2=O)c1. The number of aryl methyl sites for hydroxylation is 2. The van der Waals surface area contributed by atoms with Crippen LogP contribution in [0.2, 0.25) is 10.0 Å². The number of aliphatic hydroxyl groups is 1. The average molecular weight is 419 g/mol. The van der Waals surface area contributed by atoms with E-state index in [1.807, 2.05) is 19.9 Å². The Bertz CT molecular complexity index is 981. The van der Waals surface area contributed by atoms with Crippen molar-refractivity contribution < 1.29 is 14.7 Å². The van der Waals surface area contributed by atoms with Crippen LogP contribution in [0.3, 0.4) is 0 Å². The van der Waals surface area contributed by atoms with Crippen molar-refractivity contribution in [3.63, 3.8) is 0 Å². The van der Waals surface area contributed by atoms with Gasteiger partial charge in [-0.3, -0.25) is 9.59 Å². The number of aliphatic hydroxyl groups excluding tert-OH is 1. The van der Waals surface area contributed by atoms with Crippen molar-refractivity contribution in [2.24, 2.45) is 0 Å². The quantitative estimate of drug-likeness (QED) is 0.749. The molecule has 146 valence electrons. The first-order valence-electron chi connectivity index (χ1n) is 8.73.